The molecule has 0 saturated carbocycles. The van der Waals surface area contributed by atoms with Crippen molar-refractivity contribution < 1.29 is 4.79 Å². The van der Waals surface area contributed by atoms with Gasteiger partial charge < -0.3 is 10.3 Å². The lowest BCUT2D eigenvalue weighted by atomic mass is 10.0. The Morgan fingerprint density at radius 2 is 1.97 bits per heavy atom. The quantitative estimate of drug-likeness (QED) is 0.568. The Kier molecular flexibility index (Phi) is 5.20. The van der Waals surface area contributed by atoms with Gasteiger partial charge in [0.2, 0.25) is 0 Å². The third-order valence-electron chi connectivity index (χ3n) is 4.97. The maximum absolute atomic E-state index is 12.3. The van der Waals surface area contributed by atoms with Crippen molar-refractivity contribution in [2.75, 3.05) is 11.9 Å². The van der Waals surface area contributed by atoms with Crippen LogP contribution in [0.4, 0.5) is 5.69 Å². The SMILES string of the molecule is Cc1[nH]c(/C=C2/C(=O)NN=C2c2cnccn2)c(C)c1CCNc1ccccc1. The first-order chi connectivity index (χ1) is 14.1. The van der Waals surface area contributed by atoms with Crippen molar-refractivity contribution in [3.8, 4) is 0 Å². The van der Waals surface area contributed by atoms with Gasteiger partial charge in [0.1, 0.15) is 11.4 Å². The summed E-state index contributed by atoms with van der Waals surface area (Å²) in [6, 6.07) is 10.1. The number of aromatic amines is 1. The van der Waals surface area contributed by atoms with E-state index in [1.807, 2.05) is 24.3 Å². The van der Waals surface area contributed by atoms with Gasteiger partial charge in [0.05, 0.1) is 11.8 Å². The van der Waals surface area contributed by atoms with E-state index in [4.69, 9.17) is 0 Å². The van der Waals surface area contributed by atoms with E-state index in [-0.39, 0.29) is 5.91 Å². The minimum absolute atomic E-state index is 0.246. The van der Waals surface area contributed by atoms with E-state index < -0.39 is 0 Å². The van der Waals surface area contributed by atoms with Crippen molar-refractivity contribution in [1.29, 1.82) is 0 Å². The molecule has 1 aliphatic heterocycles. The number of H-pyrrole nitrogens is 1. The van der Waals surface area contributed by atoms with E-state index in [1.54, 1.807) is 18.6 Å². The molecule has 0 bridgehead atoms. The van der Waals surface area contributed by atoms with E-state index in [0.29, 0.717) is 17.0 Å². The lowest BCUT2D eigenvalue weighted by molar-refractivity contribution is -0.116. The molecule has 0 radical (unpaired) electrons. The zero-order chi connectivity index (χ0) is 20.2. The molecule has 2 aromatic heterocycles. The van der Waals surface area contributed by atoms with Crippen LogP contribution in [0.2, 0.25) is 0 Å². The molecule has 1 amide bonds. The van der Waals surface area contributed by atoms with Crippen LogP contribution in [0.15, 0.2) is 59.6 Å². The molecule has 3 N–H and O–H groups in total. The van der Waals surface area contributed by atoms with Gasteiger partial charge in [-0.15, -0.1) is 0 Å². The average Bonchev–Trinajstić information content (AvgIpc) is 3.24. The molecular formula is C22H22N6O. The van der Waals surface area contributed by atoms with Gasteiger partial charge in [-0.1, -0.05) is 18.2 Å². The van der Waals surface area contributed by atoms with E-state index in [0.717, 1.165) is 35.6 Å². The molecule has 1 aliphatic rings. The Morgan fingerprint density at radius 1 is 1.14 bits per heavy atom. The highest BCUT2D eigenvalue weighted by molar-refractivity contribution is 6.32. The largest absolute Gasteiger partial charge is 0.385 e. The highest BCUT2D eigenvalue weighted by Gasteiger charge is 2.26. The second-order valence-electron chi connectivity index (χ2n) is 6.86. The van der Waals surface area contributed by atoms with Crippen molar-refractivity contribution in [3.05, 3.63) is 82.7 Å². The van der Waals surface area contributed by atoms with Gasteiger partial charge in [-0.25, -0.2) is 5.43 Å². The van der Waals surface area contributed by atoms with E-state index >= 15 is 0 Å². The third-order valence-corrected chi connectivity index (χ3v) is 4.97. The monoisotopic (exact) mass is 386 g/mol. The van der Waals surface area contributed by atoms with Crippen LogP contribution in [-0.4, -0.2) is 33.1 Å². The molecule has 3 aromatic rings. The Morgan fingerprint density at radius 3 is 2.72 bits per heavy atom. The number of benzene rings is 1. The number of hydrazone groups is 1. The summed E-state index contributed by atoms with van der Waals surface area (Å²) in [6.07, 6.45) is 7.49. The standard InChI is InChI=1S/C22H22N6O/c1-14-17(8-9-24-16-6-4-3-5-7-16)15(2)26-19(14)12-18-21(27-28-22(18)29)20-13-23-10-11-25-20/h3-7,10-13,24,26H,8-9H2,1-2H3,(H,28,29)/b18-12+. The number of para-hydroxylation sites is 1. The van der Waals surface area contributed by atoms with E-state index in [9.17, 15) is 4.79 Å². The minimum atomic E-state index is -0.246. The van der Waals surface area contributed by atoms with Gasteiger partial charge >= 0.3 is 0 Å². The lowest BCUT2D eigenvalue weighted by Crippen LogP contribution is -2.14. The van der Waals surface area contributed by atoms with E-state index in [2.05, 4.69) is 56.8 Å². The Balaban J connectivity index is 1.55. The average molecular weight is 386 g/mol. The van der Waals surface area contributed by atoms with Gasteiger partial charge in [0.15, 0.2) is 0 Å². The molecular weight excluding hydrogens is 364 g/mol. The summed E-state index contributed by atoms with van der Waals surface area (Å²) in [7, 11) is 0. The summed E-state index contributed by atoms with van der Waals surface area (Å²) in [6.45, 7) is 4.95. The van der Waals surface area contributed by atoms with Gasteiger partial charge in [0.25, 0.3) is 5.91 Å². The molecule has 0 saturated heterocycles. The molecule has 1 aromatic carbocycles. The number of aromatic nitrogens is 3. The Hall–Kier alpha value is -3.74. The van der Waals surface area contributed by atoms with Crippen LogP contribution in [0.1, 0.15) is 28.2 Å². The Labute approximate surface area is 169 Å². The van der Waals surface area contributed by atoms with Crippen LogP contribution in [0, 0.1) is 13.8 Å². The number of aryl methyl sites for hydroxylation is 1. The number of hydrogen-bond donors (Lipinski definition) is 3. The predicted molar refractivity (Wildman–Crippen MR) is 114 cm³/mol. The molecule has 7 nitrogen and oxygen atoms in total. The number of anilines is 1. The zero-order valence-corrected chi connectivity index (χ0v) is 16.4. The number of nitrogens with zero attached hydrogens (tertiary/aromatic N) is 3. The number of hydrogen-bond acceptors (Lipinski definition) is 5. The summed E-state index contributed by atoms with van der Waals surface area (Å²) >= 11 is 0. The molecule has 0 unspecified atom stereocenters. The maximum Gasteiger partial charge on any atom is 0.273 e. The van der Waals surface area contributed by atoms with Crippen LogP contribution >= 0.6 is 0 Å². The summed E-state index contributed by atoms with van der Waals surface area (Å²) in [5, 5.41) is 7.57. The van der Waals surface area contributed by atoms with Gasteiger partial charge in [-0.05, 0) is 49.6 Å². The predicted octanol–water partition coefficient (Wildman–Crippen LogP) is 2.99. The number of rotatable bonds is 6. The molecule has 3 heterocycles. The molecule has 7 heteroatoms. The summed E-state index contributed by atoms with van der Waals surface area (Å²) in [5.74, 6) is -0.246. The fraction of sp³-hybridized carbons (Fsp3) is 0.182. The fourth-order valence-corrected chi connectivity index (χ4v) is 3.45. The Bertz CT molecular complexity index is 1080. The molecule has 4 rings (SSSR count). The normalized spacial score (nSPS) is 14.8. The number of amides is 1. The van der Waals surface area contributed by atoms with E-state index in [1.165, 1.54) is 5.56 Å². The van der Waals surface area contributed by atoms with Crippen molar-refractivity contribution in [2.24, 2.45) is 5.10 Å². The van der Waals surface area contributed by atoms with Gasteiger partial charge in [-0.3, -0.25) is 14.8 Å². The van der Waals surface area contributed by atoms with Gasteiger partial charge in [0, 0.05) is 36.0 Å². The molecule has 29 heavy (non-hydrogen) atoms. The summed E-state index contributed by atoms with van der Waals surface area (Å²) < 4.78 is 0. The van der Waals surface area contributed by atoms with Crippen molar-refractivity contribution in [1.82, 2.24) is 20.4 Å². The minimum Gasteiger partial charge on any atom is -0.385 e. The van der Waals surface area contributed by atoms with Crippen molar-refractivity contribution in [3.63, 3.8) is 0 Å². The lowest BCUT2D eigenvalue weighted by Gasteiger charge is -2.07. The molecule has 0 spiro atoms. The first-order valence-electron chi connectivity index (χ1n) is 9.47. The molecule has 146 valence electrons. The van der Waals surface area contributed by atoms with Crippen LogP contribution < -0.4 is 10.7 Å². The first-order valence-corrected chi connectivity index (χ1v) is 9.47. The second-order valence-corrected chi connectivity index (χ2v) is 6.86. The highest BCUT2D eigenvalue weighted by Crippen LogP contribution is 2.23. The van der Waals surface area contributed by atoms with Crippen LogP contribution in [0.25, 0.3) is 6.08 Å². The second kappa shape index (κ2) is 8.10. The van der Waals surface area contributed by atoms with Gasteiger partial charge in [-0.2, -0.15) is 5.10 Å². The number of carbonyl (C=O) groups is 1. The fourth-order valence-electron chi connectivity index (χ4n) is 3.45. The smallest absolute Gasteiger partial charge is 0.273 e. The third kappa shape index (κ3) is 3.94. The molecule has 0 aliphatic carbocycles. The van der Waals surface area contributed by atoms with Crippen LogP contribution in [-0.2, 0) is 11.2 Å². The zero-order valence-electron chi connectivity index (χ0n) is 16.4. The van der Waals surface area contributed by atoms with Crippen LogP contribution in [0.5, 0.6) is 0 Å². The maximum atomic E-state index is 12.3. The highest BCUT2D eigenvalue weighted by atomic mass is 16.2. The number of nitrogens with one attached hydrogen (secondary N) is 3. The molecule has 0 fully saturated rings. The summed E-state index contributed by atoms with van der Waals surface area (Å²) in [5.41, 5.74) is 9.54. The summed E-state index contributed by atoms with van der Waals surface area (Å²) in [4.78, 5) is 24.1. The first kappa shape index (κ1) is 18.6. The van der Waals surface area contributed by atoms with Crippen LogP contribution in [0.3, 0.4) is 0 Å². The molecule has 0 atom stereocenters. The number of carbonyl (C=O) groups excluding carboxylic acids is 1. The topological polar surface area (TPSA) is 95.1 Å². The van der Waals surface area contributed by atoms with Crippen molar-refractivity contribution in [2.45, 2.75) is 20.3 Å². The van der Waals surface area contributed by atoms with Crippen molar-refractivity contribution >= 4 is 23.4 Å².